The van der Waals surface area contributed by atoms with E-state index in [0.29, 0.717) is 0 Å². The van der Waals surface area contributed by atoms with Gasteiger partial charge in [0.15, 0.2) is 0 Å². The van der Waals surface area contributed by atoms with Crippen LogP contribution in [-0.4, -0.2) is 12.9 Å². The van der Waals surface area contributed by atoms with Crippen molar-refractivity contribution in [1.29, 1.82) is 0 Å². The van der Waals surface area contributed by atoms with Crippen LogP contribution in [0.5, 0.6) is 5.75 Å². The number of hydrogen-bond donors (Lipinski definition) is 1. The summed E-state index contributed by atoms with van der Waals surface area (Å²) < 4.78 is 5.21. The van der Waals surface area contributed by atoms with Crippen LogP contribution in [-0.2, 0) is 4.79 Å². The number of nitrogens with one attached hydrogen (secondary N) is 1. The number of ether oxygens (including phenoxy) is 1. The Balaban J connectivity index is 1.96. The Kier molecular flexibility index (Phi) is 5.03. The van der Waals surface area contributed by atoms with Crippen molar-refractivity contribution < 1.29 is 9.53 Å². The van der Waals surface area contributed by atoms with E-state index in [0.717, 1.165) is 17.0 Å². The van der Waals surface area contributed by atoms with Crippen LogP contribution in [0.2, 0.25) is 0 Å². The monoisotopic (exact) mass is 333 g/mol. The van der Waals surface area contributed by atoms with Gasteiger partial charge in [0.2, 0.25) is 0 Å². The third-order valence-corrected chi connectivity index (χ3v) is 4.69. The molecule has 0 aliphatic rings. The van der Waals surface area contributed by atoms with Crippen molar-refractivity contribution in [1.82, 2.24) is 0 Å². The van der Waals surface area contributed by atoms with E-state index in [2.05, 4.69) is 35.6 Å². The van der Waals surface area contributed by atoms with Crippen molar-refractivity contribution in [3.63, 3.8) is 0 Å². The highest BCUT2D eigenvalue weighted by molar-refractivity contribution is 5.84. The molecule has 25 heavy (non-hydrogen) atoms. The van der Waals surface area contributed by atoms with Crippen LogP contribution in [0.25, 0.3) is 10.8 Å². The third kappa shape index (κ3) is 3.82. The quantitative estimate of drug-likeness (QED) is 0.671. The molecule has 0 saturated carbocycles. The molecule has 0 aromatic heterocycles. The van der Waals surface area contributed by atoms with Crippen LogP contribution in [0.1, 0.15) is 25.5 Å². The predicted octanol–water partition coefficient (Wildman–Crippen LogP) is 5.23. The summed E-state index contributed by atoms with van der Waals surface area (Å²) in [7, 11) is 1.65. The molecule has 3 aromatic carbocycles. The SMILES string of the molecule is COc1ccc(N[C@@H](c2ccc3ccccc3c2)[C@H](C)C(C)=O)cc1. The molecule has 0 saturated heterocycles. The summed E-state index contributed by atoms with van der Waals surface area (Å²) in [4.78, 5) is 12.1. The van der Waals surface area contributed by atoms with E-state index in [4.69, 9.17) is 4.74 Å². The number of fused-ring (bicyclic) bond motifs is 1. The summed E-state index contributed by atoms with van der Waals surface area (Å²) in [6, 6.07) is 22.3. The van der Waals surface area contributed by atoms with E-state index in [1.165, 1.54) is 10.8 Å². The fourth-order valence-corrected chi connectivity index (χ4v) is 3.00. The van der Waals surface area contributed by atoms with Gasteiger partial charge in [-0.05, 0) is 53.6 Å². The van der Waals surface area contributed by atoms with Gasteiger partial charge < -0.3 is 10.1 Å². The number of Topliss-reactive ketones (excluding diaryl/α,β-unsaturated/α-hetero) is 1. The van der Waals surface area contributed by atoms with E-state index in [9.17, 15) is 4.79 Å². The van der Waals surface area contributed by atoms with Gasteiger partial charge in [0, 0.05) is 11.6 Å². The summed E-state index contributed by atoms with van der Waals surface area (Å²) in [5, 5.41) is 5.89. The molecule has 3 heteroatoms. The number of carbonyl (C=O) groups excluding carboxylic acids is 1. The van der Waals surface area contributed by atoms with Gasteiger partial charge >= 0.3 is 0 Å². The van der Waals surface area contributed by atoms with Gasteiger partial charge in [-0.25, -0.2) is 0 Å². The van der Waals surface area contributed by atoms with E-state index < -0.39 is 0 Å². The van der Waals surface area contributed by atoms with E-state index in [1.807, 2.05) is 43.3 Å². The van der Waals surface area contributed by atoms with Crippen molar-refractivity contribution in [3.8, 4) is 5.75 Å². The molecule has 0 spiro atoms. The van der Waals surface area contributed by atoms with Crippen LogP contribution >= 0.6 is 0 Å². The van der Waals surface area contributed by atoms with Crippen LogP contribution in [0.4, 0.5) is 5.69 Å². The van der Waals surface area contributed by atoms with Crippen molar-refractivity contribution in [3.05, 3.63) is 72.3 Å². The number of ketones is 1. The Hall–Kier alpha value is -2.81. The van der Waals surface area contributed by atoms with Crippen LogP contribution < -0.4 is 10.1 Å². The second kappa shape index (κ2) is 7.39. The molecule has 0 amide bonds. The number of hydrogen-bond acceptors (Lipinski definition) is 3. The van der Waals surface area contributed by atoms with E-state index in [1.54, 1.807) is 14.0 Å². The molecule has 0 aliphatic heterocycles. The van der Waals surface area contributed by atoms with Gasteiger partial charge in [-0.1, -0.05) is 43.3 Å². The maximum atomic E-state index is 12.1. The summed E-state index contributed by atoms with van der Waals surface area (Å²) in [5.41, 5.74) is 2.07. The van der Waals surface area contributed by atoms with Crippen LogP contribution in [0, 0.1) is 5.92 Å². The number of rotatable bonds is 6. The van der Waals surface area contributed by atoms with Crippen LogP contribution in [0.15, 0.2) is 66.7 Å². The lowest BCUT2D eigenvalue weighted by molar-refractivity contribution is -0.120. The minimum atomic E-state index is -0.136. The number of benzene rings is 3. The lowest BCUT2D eigenvalue weighted by atomic mass is 9.90. The average Bonchev–Trinajstić information content (AvgIpc) is 2.65. The average molecular weight is 333 g/mol. The molecule has 0 radical (unpaired) electrons. The Morgan fingerprint density at radius 3 is 2.28 bits per heavy atom. The van der Waals surface area contributed by atoms with Gasteiger partial charge in [0.1, 0.15) is 11.5 Å². The fourth-order valence-electron chi connectivity index (χ4n) is 3.00. The van der Waals surface area contributed by atoms with E-state index in [-0.39, 0.29) is 17.7 Å². The minimum Gasteiger partial charge on any atom is -0.497 e. The van der Waals surface area contributed by atoms with Crippen molar-refractivity contribution in [2.45, 2.75) is 19.9 Å². The summed E-state index contributed by atoms with van der Waals surface area (Å²) in [6.07, 6.45) is 0. The first-order valence-electron chi connectivity index (χ1n) is 8.48. The highest BCUT2D eigenvalue weighted by Gasteiger charge is 2.23. The molecule has 3 nitrogen and oxygen atoms in total. The van der Waals surface area contributed by atoms with Gasteiger partial charge in [-0.15, -0.1) is 0 Å². The number of methoxy groups -OCH3 is 1. The molecule has 1 N–H and O–H groups in total. The highest BCUT2D eigenvalue weighted by atomic mass is 16.5. The molecule has 0 heterocycles. The van der Waals surface area contributed by atoms with Gasteiger partial charge in [0.25, 0.3) is 0 Å². The zero-order chi connectivity index (χ0) is 17.8. The van der Waals surface area contributed by atoms with Crippen LogP contribution in [0.3, 0.4) is 0 Å². The Morgan fingerprint density at radius 2 is 1.64 bits per heavy atom. The highest BCUT2D eigenvalue weighted by Crippen LogP contribution is 2.30. The molecule has 3 rings (SSSR count). The van der Waals surface area contributed by atoms with Crippen molar-refractivity contribution in [2.24, 2.45) is 5.92 Å². The van der Waals surface area contributed by atoms with Gasteiger partial charge in [-0.2, -0.15) is 0 Å². The molecule has 3 aromatic rings. The summed E-state index contributed by atoms with van der Waals surface area (Å²) in [6.45, 7) is 3.62. The van der Waals surface area contributed by atoms with Gasteiger partial charge in [0.05, 0.1) is 13.2 Å². The third-order valence-electron chi connectivity index (χ3n) is 4.69. The van der Waals surface area contributed by atoms with E-state index >= 15 is 0 Å². The normalized spacial score (nSPS) is 13.2. The van der Waals surface area contributed by atoms with Crippen molar-refractivity contribution >= 4 is 22.2 Å². The lowest BCUT2D eigenvalue weighted by Crippen LogP contribution is -2.24. The Labute approximate surface area is 148 Å². The summed E-state index contributed by atoms with van der Waals surface area (Å²) >= 11 is 0. The topological polar surface area (TPSA) is 38.3 Å². The molecular formula is C22H23NO2. The first kappa shape index (κ1) is 17.0. The van der Waals surface area contributed by atoms with Gasteiger partial charge in [-0.3, -0.25) is 4.79 Å². The smallest absolute Gasteiger partial charge is 0.135 e. The number of anilines is 1. The molecular weight excluding hydrogens is 310 g/mol. The maximum absolute atomic E-state index is 12.1. The zero-order valence-corrected chi connectivity index (χ0v) is 14.8. The zero-order valence-electron chi connectivity index (χ0n) is 14.8. The standard InChI is InChI=1S/C22H23NO2/c1-15(16(2)24)22(23-20-10-12-21(25-3)13-11-20)19-9-8-17-6-4-5-7-18(17)14-19/h4-15,22-23H,1-3H3/t15-,22-/m1/s1. The maximum Gasteiger partial charge on any atom is 0.135 e. The molecule has 2 atom stereocenters. The largest absolute Gasteiger partial charge is 0.497 e. The molecule has 0 bridgehead atoms. The molecule has 0 aliphatic carbocycles. The molecule has 0 unspecified atom stereocenters. The second-order valence-corrected chi connectivity index (χ2v) is 6.36. The Bertz CT molecular complexity index is 871. The predicted molar refractivity (Wildman–Crippen MR) is 103 cm³/mol. The second-order valence-electron chi connectivity index (χ2n) is 6.36. The first-order valence-corrected chi connectivity index (χ1v) is 8.48. The Morgan fingerprint density at radius 1 is 0.960 bits per heavy atom. The first-order chi connectivity index (χ1) is 12.1. The fraction of sp³-hybridized carbons (Fsp3) is 0.227. The number of carbonyl (C=O) groups is 1. The molecule has 128 valence electrons. The van der Waals surface area contributed by atoms with Crippen molar-refractivity contribution in [2.75, 3.05) is 12.4 Å². The molecule has 0 fully saturated rings. The minimum absolute atomic E-state index is 0.0875. The summed E-state index contributed by atoms with van der Waals surface area (Å²) in [5.74, 6) is 0.842. The lowest BCUT2D eigenvalue weighted by Gasteiger charge is -2.25.